The van der Waals surface area contributed by atoms with Gasteiger partial charge in [-0.2, -0.15) is 0 Å². The minimum Gasteiger partial charge on any atom is -0.423 e. The van der Waals surface area contributed by atoms with E-state index in [-0.39, 0.29) is 0 Å². The van der Waals surface area contributed by atoms with Crippen molar-refractivity contribution >= 4 is 27.5 Å². The van der Waals surface area contributed by atoms with Crippen molar-refractivity contribution in [2.24, 2.45) is 0 Å². The first kappa shape index (κ1) is 13.5. The van der Waals surface area contributed by atoms with E-state index in [0.717, 1.165) is 32.4 Å². The van der Waals surface area contributed by atoms with Gasteiger partial charge >= 0.3 is 5.97 Å². The summed E-state index contributed by atoms with van der Waals surface area (Å²) >= 11 is 1.65. The lowest BCUT2D eigenvalue weighted by atomic mass is 10.1. The Hall–Kier alpha value is -2.46. The quantitative estimate of drug-likeness (QED) is 0.409. The summed E-state index contributed by atoms with van der Waals surface area (Å²) in [5.74, 6) is 0.0931. The SMILES string of the molecule is C=CC(=O)Oc1ccc(-c2nc3ccccc3s2)cc1C. The van der Waals surface area contributed by atoms with Gasteiger partial charge in [0.1, 0.15) is 10.8 Å². The number of carbonyl (C=O) groups is 1. The van der Waals surface area contributed by atoms with Crippen LogP contribution in [0.3, 0.4) is 0 Å². The Balaban J connectivity index is 1.97. The molecule has 0 aliphatic carbocycles. The van der Waals surface area contributed by atoms with E-state index in [1.54, 1.807) is 17.4 Å². The van der Waals surface area contributed by atoms with Crippen molar-refractivity contribution in [3.63, 3.8) is 0 Å². The lowest BCUT2D eigenvalue weighted by Gasteiger charge is -2.06. The van der Waals surface area contributed by atoms with Gasteiger partial charge in [0, 0.05) is 11.6 Å². The molecule has 3 nitrogen and oxygen atoms in total. The number of ether oxygens (including phenoxy) is 1. The summed E-state index contributed by atoms with van der Waals surface area (Å²) < 4.78 is 6.33. The molecule has 3 aromatic rings. The van der Waals surface area contributed by atoms with E-state index in [1.165, 1.54) is 0 Å². The van der Waals surface area contributed by atoms with Gasteiger partial charge in [-0.3, -0.25) is 0 Å². The maximum Gasteiger partial charge on any atom is 0.335 e. The molecule has 104 valence electrons. The maximum atomic E-state index is 11.3. The first-order chi connectivity index (χ1) is 10.2. The average Bonchev–Trinajstić information content (AvgIpc) is 2.93. The number of benzene rings is 2. The summed E-state index contributed by atoms with van der Waals surface area (Å²) in [7, 11) is 0. The van der Waals surface area contributed by atoms with Gasteiger partial charge in [-0.05, 0) is 42.8 Å². The minimum absolute atomic E-state index is 0.453. The second kappa shape index (κ2) is 5.50. The molecule has 1 aromatic heterocycles. The predicted molar refractivity (Wildman–Crippen MR) is 85.6 cm³/mol. The van der Waals surface area contributed by atoms with Crippen molar-refractivity contribution in [2.45, 2.75) is 6.92 Å². The van der Waals surface area contributed by atoms with Crippen LogP contribution in [0.5, 0.6) is 5.75 Å². The van der Waals surface area contributed by atoms with Crippen LogP contribution >= 0.6 is 11.3 Å². The maximum absolute atomic E-state index is 11.3. The Kier molecular flexibility index (Phi) is 3.54. The van der Waals surface area contributed by atoms with Crippen LogP contribution in [0.25, 0.3) is 20.8 Å². The third kappa shape index (κ3) is 2.71. The van der Waals surface area contributed by atoms with Crippen molar-refractivity contribution in [1.82, 2.24) is 4.98 Å². The molecule has 0 spiro atoms. The number of hydrogen-bond donors (Lipinski definition) is 0. The standard InChI is InChI=1S/C17H13NO2S/c1-3-16(19)20-14-9-8-12(10-11(14)2)17-18-13-6-4-5-7-15(13)21-17/h3-10H,1H2,2H3. The summed E-state index contributed by atoms with van der Waals surface area (Å²) in [5, 5.41) is 0.959. The Morgan fingerprint density at radius 3 is 2.81 bits per heavy atom. The van der Waals surface area contributed by atoms with Crippen LogP contribution in [0.2, 0.25) is 0 Å². The van der Waals surface area contributed by atoms with Gasteiger partial charge in [-0.15, -0.1) is 11.3 Å². The highest BCUT2D eigenvalue weighted by atomic mass is 32.1. The molecule has 0 unspecified atom stereocenters. The Bertz CT molecular complexity index is 803. The number of fused-ring (bicyclic) bond motifs is 1. The summed E-state index contributed by atoms with van der Waals surface area (Å²) in [6.07, 6.45) is 1.15. The predicted octanol–water partition coefficient (Wildman–Crippen LogP) is 4.36. The van der Waals surface area contributed by atoms with E-state index in [1.807, 2.05) is 37.3 Å². The number of aryl methyl sites for hydroxylation is 1. The summed E-state index contributed by atoms with van der Waals surface area (Å²) in [5.41, 5.74) is 2.91. The van der Waals surface area contributed by atoms with Gasteiger partial charge in [-0.1, -0.05) is 18.7 Å². The third-order valence-electron chi connectivity index (χ3n) is 3.09. The first-order valence-corrected chi connectivity index (χ1v) is 7.30. The molecule has 0 fully saturated rings. The molecule has 1 heterocycles. The number of hydrogen-bond acceptors (Lipinski definition) is 4. The lowest BCUT2D eigenvalue weighted by molar-refractivity contribution is -0.129. The van der Waals surface area contributed by atoms with Crippen LogP contribution in [0.15, 0.2) is 55.1 Å². The zero-order valence-corrected chi connectivity index (χ0v) is 12.3. The number of para-hydroxylation sites is 1. The highest BCUT2D eigenvalue weighted by molar-refractivity contribution is 7.21. The molecular weight excluding hydrogens is 282 g/mol. The normalized spacial score (nSPS) is 10.5. The molecule has 2 aromatic carbocycles. The molecule has 0 bridgehead atoms. The highest BCUT2D eigenvalue weighted by Crippen LogP contribution is 2.32. The smallest absolute Gasteiger partial charge is 0.335 e. The van der Waals surface area contributed by atoms with Gasteiger partial charge in [0.2, 0.25) is 0 Å². The number of rotatable bonds is 3. The lowest BCUT2D eigenvalue weighted by Crippen LogP contribution is -2.04. The van der Waals surface area contributed by atoms with E-state index in [2.05, 4.69) is 17.6 Å². The number of thiazole rings is 1. The topological polar surface area (TPSA) is 39.2 Å². The highest BCUT2D eigenvalue weighted by Gasteiger charge is 2.09. The summed E-state index contributed by atoms with van der Waals surface area (Å²) in [4.78, 5) is 15.9. The first-order valence-electron chi connectivity index (χ1n) is 6.48. The van der Waals surface area contributed by atoms with Crippen LogP contribution in [-0.2, 0) is 4.79 Å². The van der Waals surface area contributed by atoms with Crippen molar-refractivity contribution in [1.29, 1.82) is 0 Å². The molecule has 0 saturated heterocycles. The summed E-state index contributed by atoms with van der Waals surface area (Å²) in [6.45, 7) is 5.30. The number of esters is 1. The molecule has 0 aliphatic heterocycles. The van der Waals surface area contributed by atoms with Crippen LogP contribution in [0, 0.1) is 6.92 Å². The zero-order valence-electron chi connectivity index (χ0n) is 11.5. The fourth-order valence-electron chi connectivity index (χ4n) is 2.04. The van der Waals surface area contributed by atoms with Crippen molar-refractivity contribution in [3.8, 4) is 16.3 Å². The fourth-order valence-corrected chi connectivity index (χ4v) is 3.00. The number of aromatic nitrogens is 1. The van der Waals surface area contributed by atoms with E-state index in [9.17, 15) is 4.79 Å². The minimum atomic E-state index is -0.453. The van der Waals surface area contributed by atoms with Crippen LogP contribution < -0.4 is 4.74 Å². The van der Waals surface area contributed by atoms with Gasteiger partial charge in [-0.25, -0.2) is 9.78 Å². The van der Waals surface area contributed by atoms with Crippen molar-refractivity contribution in [3.05, 3.63) is 60.7 Å². The van der Waals surface area contributed by atoms with Crippen molar-refractivity contribution < 1.29 is 9.53 Å². The number of nitrogens with zero attached hydrogens (tertiary/aromatic N) is 1. The Morgan fingerprint density at radius 2 is 2.10 bits per heavy atom. The van der Waals surface area contributed by atoms with E-state index < -0.39 is 5.97 Å². The second-order valence-electron chi connectivity index (χ2n) is 4.59. The molecular formula is C17H13NO2S. The largest absolute Gasteiger partial charge is 0.423 e. The monoisotopic (exact) mass is 295 g/mol. The number of carbonyl (C=O) groups excluding carboxylic acids is 1. The molecule has 0 saturated carbocycles. The average molecular weight is 295 g/mol. The second-order valence-corrected chi connectivity index (χ2v) is 5.62. The molecule has 0 amide bonds. The van der Waals surface area contributed by atoms with Gasteiger partial charge in [0.05, 0.1) is 10.2 Å². The molecule has 0 N–H and O–H groups in total. The molecule has 3 rings (SSSR count). The molecule has 21 heavy (non-hydrogen) atoms. The van der Waals surface area contributed by atoms with Gasteiger partial charge in [0.15, 0.2) is 0 Å². The molecule has 0 radical (unpaired) electrons. The van der Waals surface area contributed by atoms with Crippen LogP contribution in [0.4, 0.5) is 0 Å². The third-order valence-corrected chi connectivity index (χ3v) is 4.18. The summed E-state index contributed by atoms with van der Waals surface area (Å²) in [6, 6.07) is 13.7. The van der Waals surface area contributed by atoms with E-state index >= 15 is 0 Å². The molecule has 4 heteroatoms. The van der Waals surface area contributed by atoms with Crippen molar-refractivity contribution in [2.75, 3.05) is 0 Å². The Labute approximate surface area is 126 Å². The van der Waals surface area contributed by atoms with E-state index in [0.29, 0.717) is 5.75 Å². The van der Waals surface area contributed by atoms with Crippen LogP contribution in [-0.4, -0.2) is 11.0 Å². The molecule has 0 atom stereocenters. The molecule has 0 aliphatic rings. The van der Waals surface area contributed by atoms with Crippen LogP contribution in [0.1, 0.15) is 5.56 Å². The zero-order chi connectivity index (χ0) is 14.8. The van der Waals surface area contributed by atoms with Gasteiger partial charge < -0.3 is 4.74 Å². The van der Waals surface area contributed by atoms with Gasteiger partial charge in [0.25, 0.3) is 0 Å². The fraction of sp³-hybridized carbons (Fsp3) is 0.0588. The Morgan fingerprint density at radius 1 is 1.29 bits per heavy atom. The van der Waals surface area contributed by atoms with E-state index in [4.69, 9.17) is 4.74 Å².